The fourth-order valence-electron chi connectivity index (χ4n) is 13.5. The first-order valence-electron chi connectivity index (χ1n) is 26.3. The maximum Gasteiger partial charge on any atom is 0.343 e. The molecule has 6 heterocycles. The fourth-order valence-corrected chi connectivity index (χ4v) is 13.5. The summed E-state index contributed by atoms with van der Waals surface area (Å²) < 4.78 is 48.1. The fraction of sp³-hybridized carbons (Fsp3) is 0.492. The van der Waals surface area contributed by atoms with Crippen LogP contribution < -0.4 is 24.3 Å². The van der Waals surface area contributed by atoms with Crippen LogP contribution in [-0.4, -0.2) is 115 Å². The van der Waals surface area contributed by atoms with E-state index in [4.69, 9.17) is 38.1 Å². The first-order chi connectivity index (χ1) is 36.2. The smallest absolute Gasteiger partial charge is 0.343 e. The first kappa shape index (κ1) is 51.8. The summed E-state index contributed by atoms with van der Waals surface area (Å²) in [5.41, 5.74) is 1.40. The number of aliphatic hydroxyl groups excluding tert-OH is 4. The summed E-state index contributed by atoms with van der Waals surface area (Å²) in [5.74, 6) is -1.04. The third-order valence-electron chi connectivity index (χ3n) is 17.0. The molecule has 76 heavy (non-hydrogen) atoms. The molecule has 17 nitrogen and oxygen atoms in total. The number of methoxy groups -OCH3 is 1. The molecule has 402 valence electrons. The van der Waals surface area contributed by atoms with Crippen LogP contribution in [0.15, 0.2) is 89.6 Å². The van der Waals surface area contributed by atoms with Gasteiger partial charge < -0.3 is 63.5 Å². The Morgan fingerprint density at radius 1 is 0.921 bits per heavy atom. The van der Waals surface area contributed by atoms with Gasteiger partial charge in [0.25, 0.3) is 0 Å². The van der Waals surface area contributed by atoms with Crippen molar-refractivity contribution in [2.75, 3.05) is 19.0 Å². The van der Waals surface area contributed by atoms with E-state index >= 15 is 4.79 Å². The number of carbonyl (C=O) groups excluding carboxylic acids is 3. The van der Waals surface area contributed by atoms with Crippen molar-refractivity contribution in [2.24, 2.45) is 17.8 Å². The molecule has 5 N–H and O–H groups in total. The van der Waals surface area contributed by atoms with E-state index < -0.39 is 95.6 Å². The second-order valence-electron chi connectivity index (χ2n) is 22.8. The molecule has 2 saturated heterocycles. The Morgan fingerprint density at radius 2 is 1.66 bits per heavy atom. The Hall–Kier alpha value is -6.34. The molecule has 4 aromatic rings. The van der Waals surface area contributed by atoms with Crippen LogP contribution in [0.25, 0.3) is 17.1 Å². The number of nitrogens with zero attached hydrogens (tertiary/aromatic N) is 2. The van der Waals surface area contributed by atoms with Crippen LogP contribution in [0.4, 0.5) is 5.95 Å². The maximum atomic E-state index is 16.0. The number of para-hydroxylation sites is 2. The number of Topliss-reactive ketones (excluding diaryl/α,β-unsaturated/α-hetero) is 1. The van der Waals surface area contributed by atoms with E-state index in [1.807, 2.05) is 71.0 Å². The Kier molecular flexibility index (Phi) is 12.7. The van der Waals surface area contributed by atoms with E-state index in [1.165, 1.54) is 36.9 Å². The summed E-state index contributed by atoms with van der Waals surface area (Å²) in [4.78, 5) is 49.2. The highest BCUT2D eigenvalue weighted by Gasteiger charge is 2.86. The molecule has 5 fully saturated rings. The minimum absolute atomic E-state index is 0.0276. The van der Waals surface area contributed by atoms with Crippen molar-refractivity contribution in [3.8, 4) is 23.0 Å². The van der Waals surface area contributed by atoms with Gasteiger partial charge in [-0.3, -0.25) is 4.79 Å². The SMILES string of the molecule is COC(=O)/C(C)=C\CC12OC(C)(C)C3CC(C1=O)C1C4C(Nc5nc6ccccc6n51)c1c(OC(=O)c5ccc(O[C@H]6O[C@@H](CO)[C@H](O)[C@@H](O)[C@@H]6O)cc5)c5c(c(CC=C(C)C)c1OC432)OC(C)(CCC=C(C)C)C=C5. The van der Waals surface area contributed by atoms with E-state index in [-0.39, 0.29) is 35.2 Å². The molecule has 0 amide bonds. The van der Waals surface area contributed by atoms with Gasteiger partial charge in [-0.25, -0.2) is 14.6 Å². The number of ketones is 1. The van der Waals surface area contributed by atoms with Crippen molar-refractivity contribution >= 4 is 40.8 Å². The molecule has 8 unspecified atom stereocenters. The van der Waals surface area contributed by atoms with E-state index in [2.05, 4.69) is 35.9 Å². The molecule has 12 rings (SSSR count). The van der Waals surface area contributed by atoms with Crippen LogP contribution in [-0.2, 0) is 30.2 Å². The lowest BCUT2D eigenvalue weighted by molar-refractivity contribution is -0.277. The highest BCUT2D eigenvalue weighted by atomic mass is 16.7. The van der Waals surface area contributed by atoms with Gasteiger partial charge in [0, 0.05) is 35.3 Å². The summed E-state index contributed by atoms with van der Waals surface area (Å²) in [6.45, 7) is 15.3. The van der Waals surface area contributed by atoms with Gasteiger partial charge in [0.1, 0.15) is 47.3 Å². The quantitative estimate of drug-likeness (QED) is 0.0376. The summed E-state index contributed by atoms with van der Waals surface area (Å²) in [5, 5.41) is 45.0. The van der Waals surface area contributed by atoms with Gasteiger partial charge in [0.15, 0.2) is 22.7 Å². The van der Waals surface area contributed by atoms with Crippen LogP contribution >= 0.6 is 0 Å². The van der Waals surface area contributed by atoms with Gasteiger partial charge in [0.05, 0.1) is 59.1 Å². The monoisotopic (exact) mass is 1040 g/mol. The average Bonchev–Trinajstić information content (AvgIpc) is 2.73. The molecular weight excluding hydrogens is 975 g/mol. The molecule has 17 heteroatoms. The number of imidazole rings is 1. The number of anilines is 1. The van der Waals surface area contributed by atoms with Crippen LogP contribution in [0.3, 0.4) is 0 Å². The van der Waals surface area contributed by atoms with Gasteiger partial charge in [0.2, 0.25) is 12.2 Å². The number of aliphatic hydroxyl groups is 4. The van der Waals surface area contributed by atoms with Crippen LogP contribution in [0, 0.1) is 17.8 Å². The molecule has 3 saturated carbocycles. The number of fused-ring (bicyclic) bond motifs is 6. The minimum atomic E-state index is -1.65. The third-order valence-corrected chi connectivity index (χ3v) is 17.0. The van der Waals surface area contributed by atoms with Crippen molar-refractivity contribution in [1.29, 1.82) is 0 Å². The summed E-state index contributed by atoms with van der Waals surface area (Å²) in [6.07, 6.45) is 4.73. The predicted octanol–water partition coefficient (Wildman–Crippen LogP) is 7.58. The lowest BCUT2D eigenvalue weighted by Crippen LogP contribution is -2.79. The van der Waals surface area contributed by atoms with Crippen molar-refractivity contribution in [2.45, 2.75) is 153 Å². The number of esters is 2. The van der Waals surface area contributed by atoms with E-state index in [1.54, 1.807) is 13.0 Å². The molecule has 1 aromatic heterocycles. The second-order valence-corrected chi connectivity index (χ2v) is 22.8. The van der Waals surface area contributed by atoms with Crippen LogP contribution in [0.2, 0.25) is 0 Å². The Labute approximate surface area is 441 Å². The number of hydrogen-bond acceptors (Lipinski definition) is 16. The molecule has 3 aromatic carbocycles. The highest BCUT2D eigenvalue weighted by molar-refractivity contribution is 5.98. The van der Waals surface area contributed by atoms with Crippen molar-refractivity contribution < 1.29 is 68.0 Å². The minimum Gasteiger partial charge on any atom is -0.482 e. The lowest BCUT2D eigenvalue weighted by Gasteiger charge is -2.67. The standard InChI is InChI=1S/C59H67N3O14/c1-29(2)13-12-24-57(8)25-23-35-48(74-57)34(21-16-30(3)4)50-41(49(35)73-53(69)32-17-19-33(20-18-32)71-54-47(66)46(65)45(64)39(28-63)72-54)43-42-44(62-38-15-11-10-14-37(38)60-55(62)61-43)36-27-40-56(6,7)76-58(51(36)67,59(40,42)75-50)26-22-31(5)52(68)70-9/h10-11,13-20,22-23,25,36,39-40,42-47,54,63-66H,12,21,24,26-28H2,1-9H3,(H,60,61)/b31-22-/t36?,39-,40?,42?,43?,44?,45-,46+,47-,54-,57?,58?,59?/m0/s1. The number of aromatic nitrogens is 2. The highest BCUT2D eigenvalue weighted by Crippen LogP contribution is 2.76. The number of nitrogens with one attached hydrogen (secondary N) is 1. The number of rotatable bonds is 13. The maximum absolute atomic E-state index is 16.0. The Bertz CT molecular complexity index is 3160. The molecule has 8 aliphatic rings. The Morgan fingerprint density at radius 3 is 2.37 bits per heavy atom. The molecule has 13 atom stereocenters. The molecule has 4 bridgehead atoms. The summed E-state index contributed by atoms with van der Waals surface area (Å²) in [7, 11) is 1.33. The second kappa shape index (κ2) is 18.7. The molecule has 3 aliphatic carbocycles. The summed E-state index contributed by atoms with van der Waals surface area (Å²) >= 11 is 0. The van der Waals surface area contributed by atoms with E-state index in [0.29, 0.717) is 59.0 Å². The number of allylic oxidation sites excluding steroid dienone is 4. The first-order valence-corrected chi connectivity index (χ1v) is 26.3. The van der Waals surface area contributed by atoms with Crippen molar-refractivity contribution in [1.82, 2.24) is 9.55 Å². The average molecular weight is 1040 g/mol. The molecule has 5 aliphatic heterocycles. The third kappa shape index (κ3) is 7.85. The van der Waals surface area contributed by atoms with Crippen molar-refractivity contribution in [3.05, 3.63) is 112 Å². The van der Waals surface area contributed by atoms with Gasteiger partial charge >= 0.3 is 11.9 Å². The number of carbonyl (C=O) groups is 3. The van der Waals surface area contributed by atoms with Gasteiger partial charge in [-0.05, 0) is 130 Å². The van der Waals surface area contributed by atoms with Gasteiger partial charge in [-0.15, -0.1) is 0 Å². The zero-order chi connectivity index (χ0) is 54.0. The number of ether oxygens (including phenoxy) is 7. The normalized spacial score (nSPS) is 32.9. The lowest BCUT2D eigenvalue weighted by atomic mass is 9.44. The van der Waals surface area contributed by atoms with Crippen molar-refractivity contribution in [3.63, 3.8) is 0 Å². The summed E-state index contributed by atoms with van der Waals surface area (Å²) in [6, 6.07) is 12.6. The van der Waals surface area contributed by atoms with E-state index in [9.17, 15) is 30.0 Å². The molecule has 1 spiro atoms. The van der Waals surface area contributed by atoms with Gasteiger partial charge in [-0.1, -0.05) is 41.5 Å². The Balaban J connectivity index is 1.12. The number of benzene rings is 3. The largest absolute Gasteiger partial charge is 0.482 e. The van der Waals surface area contributed by atoms with Crippen LogP contribution in [0.5, 0.6) is 23.0 Å². The molecule has 0 radical (unpaired) electrons. The zero-order valence-electron chi connectivity index (χ0n) is 44.3. The van der Waals surface area contributed by atoms with E-state index in [0.717, 1.165) is 23.0 Å². The molecular formula is C59H67N3O14. The zero-order valence-corrected chi connectivity index (χ0v) is 44.3. The number of hydrogen-bond donors (Lipinski definition) is 5. The predicted molar refractivity (Wildman–Crippen MR) is 279 cm³/mol. The van der Waals surface area contributed by atoms with Gasteiger partial charge in [-0.2, -0.15) is 0 Å². The topological polar surface area (TPSA) is 227 Å². The van der Waals surface area contributed by atoms with Crippen LogP contribution in [0.1, 0.15) is 120 Å².